The Morgan fingerprint density at radius 3 is 1.86 bits per heavy atom. The van der Waals surface area contributed by atoms with Gasteiger partial charge in [0.25, 0.3) is 0 Å². The Morgan fingerprint density at radius 2 is 1.21 bits per heavy atom. The molecule has 6 saturated heterocycles. The molecule has 0 radical (unpaired) electrons. The first-order chi connectivity index (χ1) is 46.7. The number of aliphatic hydroxyl groups is 13. The van der Waals surface area contributed by atoms with Gasteiger partial charge in [0, 0.05) is 31.8 Å². The third-order valence-corrected chi connectivity index (χ3v) is 17.8. The number of carbonyl (C=O) groups excluding carboxylic acids is 7. The summed E-state index contributed by atoms with van der Waals surface area (Å²) in [5, 5.41) is 182. The molecule has 0 saturated carbocycles. The number of nitrogens with one attached hydrogen (secondary N) is 11. The maximum absolute atomic E-state index is 15.2. The monoisotopic (exact) mass is 1390 g/mol. The summed E-state index contributed by atoms with van der Waals surface area (Å²) in [6.07, 6.45) is -30.1. The number of unbranched alkanes of at least 4 members (excludes halogenated alkanes) is 2. The number of guanidine groups is 2. The van der Waals surface area contributed by atoms with Gasteiger partial charge < -0.3 is 148 Å². The molecule has 25 unspecified atom stereocenters. The second-order valence-corrected chi connectivity index (χ2v) is 24.5. The molecule has 2 aromatic carbocycles. The summed E-state index contributed by atoms with van der Waals surface area (Å²) in [5.74, 6) is -10.1. The molecule has 98 heavy (non-hydrogen) atoms. The number of hydrogen-bond acceptors (Lipinski definition) is 28. The summed E-state index contributed by atoms with van der Waals surface area (Å²) >= 11 is 0. The predicted octanol–water partition coefficient (Wildman–Crippen LogP) is -11.1. The van der Waals surface area contributed by atoms with Gasteiger partial charge >= 0.3 is 5.97 Å². The van der Waals surface area contributed by atoms with Gasteiger partial charge in [-0.2, -0.15) is 0 Å². The number of amides is 6. The van der Waals surface area contributed by atoms with Gasteiger partial charge in [0.05, 0.1) is 45.1 Å². The van der Waals surface area contributed by atoms with Crippen molar-refractivity contribution in [2.75, 3.05) is 46.1 Å². The summed E-state index contributed by atoms with van der Waals surface area (Å²) < 4.78 is 34.2. The Bertz CT molecular complexity index is 3080. The van der Waals surface area contributed by atoms with Crippen LogP contribution in [-0.4, -0.2) is 317 Å². The van der Waals surface area contributed by atoms with Crippen molar-refractivity contribution in [1.29, 1.82) is 10.8 Å². The van der Waals surface area contributed by atoms with Gasteiger partial charge in [-0.3, -0.25) is 44.4 Å². The third kappa shape index (κ3) is 17.9. The summed E-state index contributed by atoms with van der Waals surface area (Å²) in [6.45, 7) is -2.03. The van der Waals surface area contributed by atoms with E-state index in [9.17, 15) is 90.4 Å². The molecule has 2 aromatic rings. The van der Waals surface area contributed by atoms with E-state index < -0.39 is 246 Å². The fourth-order valence-corrected chi connectivity index (χ4v) is 12.1. The van der Waals surface area contributed by atoms with Crippen molar-refractivity contribution in [3.05, 3.63) is 65.7 Å². The van der Waals surface area contributed by atoms with E-state index in [1.165, 1.54) is 24.3 Å². The maximum atomic E-state index is 15.2. The molecule has 0 aliphatic carbocycles. The molecule has 6 aliphatic rings. The van der Waals surface area contributed by atoms with Crippen molar-refractivity contribution >= 4 is 53.3 Å². The summed E-state index contributed by atoms with van der Waals surface area (Å²) in [6, 6.07) is 0.660. The number of hydrogen-bond donors (Lipinski definition) is 24. The van der Waals surface area contributed by atoms with E-state index in [0.717, 1.165) is 11.3 Å². The van der Waals surface area contributed by atoms with Crippen LogP contribution in [0, 0.1) is 10.8 Å². The number of ether oxygens (including phenoxy) is 6. The van der Waals surface area contributed by atoms with Crippen LogP contribution >= 0.6 is 0 Å². The van der Waals surface area contributed by atoms with Crippen molar-refractivity contribution in [3.63, 3.8) is 0 Å². The van der Waals surface area contributed by atoms with Gasteiger partial charge in [-0.25, -0.2) is 0 Å². The lowest BCUT2D eigenvalue weighted by Crippen LogP contribution is -2.69. The van der Waals surface area contributed by atoms with Crippen LogP contribution in [0.3, 0.4) is 0 Å². The first kappa shape index (κ1) is 76.1. The SMILES string of the molecule is CCCCCC(=O)OC1C(O)C(CO)OC(OC2C(CO)OC(Oc3ccc(CC4NC(=O)C(C(C)c5ccccc5)NC(=O)CNC(=O)C(CO)NC(=O)C(C(O)C5CNC(=N)N5C5OC(CO)C(O)C(O)C5O)NC(=O)C(C(O)C5CNC(=N)N5)NC4=O)cc3)C(O)C2O)C1O. The number of esters is 1. The Balaban J connectivity index is 1.08. The predicted molar refractivity (Wildman–Crippen MR) is 330 cm³/mol. The maximum Gasteiger partial charge on any atom is 0.306 e. The van der Waals surface area contributed by atoms with Crippen LogP contribution in [0.1, 0.15) is 56.6 Å². The Hall–Kier alpha value is -7.61. The zero-order chi connectivity index (χ0) is 71.4. The highest BCUT2D eigenvalue weighted by atomic mass is 16.7. The van der Waals surface area contributed by atoms with E-state index in [1.807, 2.05) is 6.92 Å². The number of rotatable bonds is 22. The molecular weight excluding hydrogens is 1300 g/mol. The quantitative estimate of drug-likeness (QED) is 0.0384. The summed E-state index contributed by atoms with van der Waals surface area (Å²) in [7, 11) is 0. The Morgan fingerprint density at radius 1 is 0.592 bits per heavy atom. The second kappa shape index (κ2) is 34.4. The van der Waals surface area contributed by atoms with Crippen LogP contribution in [0.25, 0.3) is 0 Å². The van der Waals surface area contributed by atoms with Crippen molar-refractivity contribution in [3.8, 4) is 5.75 Å². The van der Waals surface area contributed by atoms with Crippen LogP contribution in [0.4, 0.5) is 0 Å². The highest BCUT2D eigenvalue weighted by Gasteiger charge is 2.55. The molecule has 0 bridgehead atoms. The highest BCUT2D eigenvalue weighted by molar-refractivity contribution is 5.98. The topological polar surface area (TPSA) is 597 Å². The van der Waals surface area contributed by atoms with Crippen molar-refractivity contribution < 1.29 is 128 Å². The van der Waals surface area contributed by atoms with Gasteiger partial charge in [0.2, 0.25) is 41.7 Å². The molecule has 24 N–H and O–H groups in total. The van der Waals surface area contributed by atoms with E-state index >= 15 is 9.59 Å². The smallest absolute Gasteiger partial charge is 0.306 e. The summed E-state index contributed by atoms with van der Waals surface area (Å²) in [4.78, 5) is 101. The number of aliphatic hydroxyl groups excluding tert-OH is 13. The molecule has 6 aliphatic heterocycles. The molecule has 544 valence electrons. The minimum Gasteiger partial charge on any atom is -0.462 e. The molecule has 8 rings (SSSR count). The fourth-order valence-electron chi connectivity index (χ4n) is 12.1. The number of benzene rings is 2. The Labute approximate surface area is 559 Å². The lowest BCUT2D eigenvalue weighted by atomic mass is 9.92. The lowest BCUT2D eigenvalue weighted by molar-refractivity contribution is -0.353. The summed E-state index contributed by atoms with van der Waals surface area (Å²) in [5.41, 5.74) is 0.691. The molecule has 6 heterocycles. The van der Waals surface area contributed by atoms with Crippen molar-refractivity contribution in [1.82, 2.24) is 52.8 Å². The van der Waals surface area contributed by atoms with Crippen LogP contribution in [0.15, 0.2) is 54.6 Å². The average molecular weight is 1390 g/mol. The second-order valence-electron chi connectivity index (χ2n) is 24.5. The van der Waals surface area contributed by atoms with Crippen LogP contribution in [-0.2, 0) is 63.7 Å². The van der Waals surface area contributed by atoms with Gasteiger partial charge in [0.1, 0.15) is 115 Å². The van der Waals surface area contributed by atoms with Crippen LogP contribution in [0.2, 0.25) is 0 Å². The van der Waals surface area contributed by atoms with E-state index in [4.69, 9.17) is 39.2 Å². The zero-order valence-electron chi connectivity index (χ0n) is 53.2. The largest absolute Gasteiger partial charge is 0.462 e. The average Bonchev–Trinajstić information content (AvgIpc) is 1.42. The van der Waals surface area contributed by atoms with E-state index in [0.29, 0.717) is 18.4 Å². The van der Waals surface area contributed by atoms with E-state index in [-0.39, 0.29) is 30.2 Å². The van der Waals surface area contributed by atoms with Gasteiger partial charge in [-0.05, 0) is 29.7 Å². The Kier molecular flexibility index (Phi) is 26.8. The zero-order valence-corrected chi connectivity index (χ0v) is 53.2. The first-order valence-corrected chi connectivity index (χ1v) is 31.9. The van der Waals surface area contributed by atoms with Crippen molar-refractivity contribution in [2.24, 2.45) is 0 Å². The molecule has 0 spiro atoms. The van der Waals surface area contributed by atoms with Gasteiger partial charge in [-0.15, -0.1) is 0 Å². The molecular formula is C60H88N12O26. The molecule has 38 nitrogen and oxygen atoms in total. The lowest BCUT2D eigenvalue weighted by Gasteiger charge is -2.46. The van der Waals surface area contributed by atoms with Gasteiger partial charge in [0.15, 0.2) is 30.5 Å². The molecule has 6 fully saturated rings. The van der Waals surface area contributed by atoms with E-state index in [2.05, 4.69) is 47.9 Å². The molecule has 38 heteroatoms. The molecule has 6 amide bonds. The minimum atomic E-state index is -2.37. The number of carbonyl (C=O) groups is 7. The number of nitrogens with zero attached hydrogens (tertiary/aromatic N) is 1. The van der Waals surface area contributed by atoms with E-state index in [1.54, 1.807) is 37.3 Å². The minimum absolute atomic E-state index is 0.0524. The highest BCUT2D eigenvalue weighted by Crippen LogP contribution is 2.33. The standard InChI is InChI=1S/C60H88N12O26/c1-3-4-6-11-36(78)97-50-43(82)33(22-75)95-58(48(50)87)98-49-34(23-76)96-57(47(86)45(49)84)93-27-14-12-25(13-15-27)16-28-52(89)70-38(40(79)29-17-64-59(61)68-29)55(92)71-39(41(80)31-18-65-60(62)72(31)56-46(85)44(83)42(81)32(21-74)94-56)54(91)67-30(20-73)51(88)63-19-35(77)69-37(53(90)66-28)24(2)26-9-7-5-8-10-26/h5,7-10,12-15,24,28-34,37-50,56-58,73-76,79-87H,3-4,6,11,16-23H2,1-2H3,(H2,62,65)(H,63,88)(H,66,90)(H,67,91)(H,69,77)(H,70,89)(H,71,92)(H3,61,64,68). The van der Waals surface area contributed by atoms with Gasteiger partial charge in [-0.1, -0.05) is 69.2 Å². The fraction of sp³-hybridized carbons (Fsp3) is 0.650. The van der Waals surface area contributed by atoms with Crippen LogP contribution < -0.4 is 52.6 Å². The molecule has 25 atom stereocenters. The van der Waals surface area contributed by atoms with Crippen LogP contribution in [0.5, 0.6) is 5.75 Å². The first-order valence-electron chi connectivity index (χ1n) is 31.9. The normalized spacial score (nSPS) is 35.6. The third-order valence-electron chi connectivity index (χ3n) is 17.8. The molecule has 0 aromatic heterocycles. The van der Waals surface area contributed by atoms with Crippen molar-refractivity contribution in [2.45, 2.75) is 198 Å².